The first-order valence-electron chi connectivity index (χ1n) is 10.2. The van der Waals surface area contributed by atoms with Gasteiger partial charge in [-0.05, 0) is 66.4 Å². The third kappa shape index (κ3) is 3.44. The summed E-state index contributed by atoms with van der Waals surface area (Å²) < 4.78 is 21.8. The molecule has 31 heavy (non-hydrogen) atoms. The van der Waals surface area contributed by atoms with Crippen molar-refractivity contribution in [2.24, 2.45) is 0 Å². The minimum atomic E-state index is -0.531. The Bertz CT molecular complexity index is 1160. The first-order valence-corrected chi connectivity index (χ1v) is 10.2. The molecule has 3 aromatic rings. The fourth-order valence-electron chi connectivity index (χ4n) is 4.02. The molecule has 6 nitrogen and oxygen atoms in total. The SMILES string of the molecule is COc1cccc(-c2cc(NC(=O)C3(c4ccc5c(c4)OCO5)CC3)ccc2OC)c1.[HH]. The summed E-state index contributed by atoms with van der Waals surface area (Å²) in [5.74, 6) is 2.88. The summed E-state index contributed by atoms with van der Waals surface area (Å²) in [6, 6.07) is 19.2. The molecule has 1 saturated carbocycles. The van der Waals surface area contributed by atoms with E-state index in [0.717, 1.165) is 52.5 Å². The predicted octanol–water partition coefficient (Wildman–Crippen LogP) is 5.02. The van der Waals surface area contributed by atoms with Crippen molar-refractivity contribution in [3.8, 4) is 34.1 Å². The Morgan fingerprint density at radius 1 is 0.968 bits per heavy atom. The Hall–Kier alpha value is -3.67. The number of hydrogen-bond donors (Lipinski definition) is 1. The van der Waals surface area contributed by atoms with Gasteiger partial charge in [-0.2, -0.15) is 0 Å². The number of rotatable bonds is 6. The van der Waals surface area contributed by atoms with Crippen LogP contribution in [0.3, 0.4) is 0 Å². The molecule has 1 N–H and O–H groups in total. The lowest BCUT2D eigenvalue weighted by Gasteiger charge is -2.18. The Labute approximate surface area is 182 Å². The fourth-order valence-corrected chi connectivity index (χ4v) is 4.02. The molecule has 3 aromatic carbocycles. The zero-order valence-electron chi connectivity index (χ0n) is 17.4. The van der Waals surface area contributed by atoms with Crippen LogP contribution < -0.4 is 24.3 Å². The van der Waals surface area contributed by atoms with Crippen LogP contribution in [-0.4, -0.2) is 26.9 Å². The number of carbonyl (C=O) groups excluding carboxylic acids is 1. The summed E-state index contributed by atoms with van der Waals surface area (Å²) in [6.07, 6.45) is 1.61. The van der Waals surface area contributed by atoms with E-state index in [1.807, 2.05) is 60.7 Å². The molecule has 1 aliphatic heterocycles. The smallest absolute Gasteiger partial charge is 0.235 e. The number of methoxy groups -OCH3 is 2. The molecule has 0 spiro atoms. The molecule has 5 rings (SSSR count). The largest absolute Gasteiger partial charge is 0.497 e. The topological polar surface area (TPSA) is 66.0 Å². The molecule has 160 valence electrons. The average Bonchev–Trinajstić information content (AvgIpc) is 3.50. The maximum absolute atomic E-state index is 13.3. The average molecular weight is 419 g/mol. The van der Waals surface area contributed by atoms with Crippen LogP contribution in [0.4, 0.5) is 5.69 Å². The third-order valence-electron chi connectivity index (χ3n) is 5.95. The monoisotopic (exact) mass is 419 g/mol. The number of carbonyl (C=O) groups is 1. The highest BCUT2D eigenvalue weighted by atomic mass is 16.7. The molecular formula is C25H25NO5. The number of ether oxygens (including phenoxy) is 4. The molecule has 0 atom stereocenters. The van der Waals surface area contributed by atoms with Gasteiger partial charge in [0.15, 0.2) is 11.5 Å². The van der Waals surface area contributed by atoms with E-state index in [9.17, 15) is 4.79 Å². The summed E-state index contributed by atoms with van der Waals surface area (Å²) in [4.78, 5) is 13.3. The summed E-state index contributed by atoms with van der Waals surface area (Å²) >= 11 is 0. The van der Waals surface area contributed by atoms with Crippen molar-refractivity contribution in [2.45, 2.75) is 18.3 Å². The quantitative estimate of drug-likeness (QED) is 0.608. The van der Waals surface area contributed by atoms with Gasteiger partial charge in [-0.15, -0.1) is 0 Å². The Morgan fingerprint density at radius 2 is 1.81 bits per heavy atom. The van der Waals surface area contributed by atoms with Gasteiger partial charge in [0.2, 0.25) is 12.7 Å². The van der Waals surface area contributed by atoms with Gasteiger partial charge in [0.1, 0.15) is 11.5 Å². The van der Waals surface area contributed by atoms with E-state index < -0.39 is 5.41 Å². The van der Waals surface area contributed by atoms with Gasteiger partial charge in [0.25, 0.3) is 0 Å². The highest BCUT2D eigenvalue weighted by Gasteiger charge is 2.51. The number of hydrogen-bond acceptors (Lipinski definition) is 5. The van der Waals surface area contributed by atoms with Gasteiger partial charge in [-0.25, -0.2) is 0 Å². The molecule has 0 bridgehead atoms. The fraction of sp³-hybridized carbons (Fsp3) is 0.240. The maximum atomic E-state index is 13.3. The van der Waals surface area contributed by atoms with Crippen molar-refractivity contribution >= 4 is 11.6 Å². The molecule has 1 aliphatic carbocycles. The van der Waals surface area contributed by atoms with Gasteiger partial charge in [0.05, 0.1) is 19.6 Å². The number of amides is 1. The van der Waals surface area contributed by atoms with Crippen LogP contribution in [0.5, 0.6) is 23.0 Å². The molecule has 0 radical (unpaired) electrons. The highest BCUT2D eigenvalue weighted by Crippen LogP contribution is 2.51. The van der Waals surface area contributed by atoms with Crippen LogP contribution in [0.15, 0.2) is 60.7 Å². The maximum Gasteiger partial charge on any atom is 0.235 e. The standard InChI is InChI=1S/C25H23NO5.H2/c1-28-19-5-3-4-16(12-19)20-14-18(7-9-21(20)29-2)26-24(27)25(10-11-25)17-6-8-22-23(13-17)31-15-30-22;/h3-9,12-14H,10-11,15H2,1-2H3,(H,26,27);1H. The van der Waals surface area contributed by atoms with Crippen LogP contribution >= 0.6 is 0 Å². The molecule has 1 heterocycles. The van der Waals surface area contributed by atoms with Crippen molar-refractivity contribution < 1.29 is 25.2 Å². The Kier molecular flexibility index (Phi) is 4.70. The lowest BCUT2D eigenvalue weighted by Crippen LogP contribution is -2.27. The van der Waals surface area contributed by atoms with E-state index in [-0.39, 0.29) is 14.1 Å². The van der Waals surface area contributed by atoms with E-state index in [1.165, 1.54) is 0 Å². The van der Waals surface area contributed by atoms with Gasteiger partial charge < -0.3 is 24.3 Å². The van der Waals surface area contributed by atoms with E-state index in [2.05, 4.69) is 5.32 Å². The molecule has 0 aromatic heterocycles. The first-order chi connectivity index (χ1) is 15.1. The molecule has 2 aliphatic rings. The van der Waals surface area contributed by atoms with Crippen LogP contribution in [0.2, 0.25) is 0 Å². The second kappa shape index (κ2) is 7.54. The summed E-state index contributed by atoms with van der Waals surface area (Å²) in [5.41, 5.74) is 2.97. The summed E-state index contributed by atoms with van der Waals surface area (Å²) in [6.45, 7) is 0.219. The van der Waals surface area contributed by atoms with Crippen molar-refractivity contribution in [3.63, 3.8) is 0 Å². The van der Waals surface area contributed by atoms with Crippen molar-refractivity contribution in [2.75, 3.05) is 26.3 Å². The number of anilines is 1. The summed E-state index contributed by atoms with van der Waals surface area (Å²) in [7, 11) is 3.27. The normalized spacial score (nSPS) is 15.3. The zero-order valence-corrected chi connectivity index (χ0v) is 17.4. The van der Waals surface area contributed by atoms with Crippen molar-refractivity contribution in [1.82, 2.24) is 0 Å². The van der Waals surface area contributed by atoms with Gasteiger partial charge in [-0.1, -0.05) is 18.2 Å². The van der Waals surface area contributed by atoms with Crippen molar-refractivity contribution in [1.29, 1.82) is 0 Å². The minimum Gasteiger partial charge on any atom is -0.497 e. The van der Waals surface area contributed by atoms with E-state index in [1.54, 1.807) is 14.2 Å². The Balaban J connectivity index is 0.00000245. The van der Waals surface area contributed by atoms with Crippen LogP contribution in [-0.2, 0) is 10.2 Å². The molecule has 0 saturated heterocycles. The number of fused-ring (bicyclic) bond motifs is 1. The second-order valence-electron chi connectivity index (χ2n) is 7.75. The highest BCUT2D eigenvalue weighted by molar-refractivity contribution is 6.02. The lowest BCUT2D eigenvalue weighted by molar-refractivity contribution is -0.118. The van der Waals surface area contributed by atoms with Crippen LogP contribution in [0.1, 0.15) is 19.8 Å². The Morgan fingerprint density at radius 3 is 2.58 bits per heavy atom. The van der Waals surface area contributed by atoms with Crippen LogP contribution in [0.25, 0.3) is 11.1 Å². The first kappa shape index (κ1) is 19.3. The van der Waals surface area contributed by atoms with Crippen LogP contribution in [0, 0.1) is 0 Å². The van der Waals surface area contributed by atoms with Crippen molar-refractivity contribution in [3.05, 3.63) is 66.2 Å². The minimum absolute atomic E-state index is 0. The molecule has 1 amide bonds. The van der Waals surface area contributed by atoms with E-state index in [0.29, 0.717) is 5.75 Å². The molecule has 1 fully saturated rings. The van der Waals surface area contributed by atoms with Gasteiger partial charge in [0, 0.05) is 12.7 Å². The molecular weight excluding hydrogens is 394 g/mol. The predicted molar refractivity (Wildman–Crippen MR) is 119 cm³/mol. The van der Waals surface area contributed by atoms with Gasteiger partial charge in [-0.3, -0.25) is 4.79 Å². The third-order valence-corrected chi connectivity index (χ3v) is 5.95. The number of benzene rings is 3. The van der Waals surface area contributed by atoms with E-state index in [4.69, 9.17) is 18.9 Å². The van der Waals surface area contributed by atoms with Gasteiger partial charge >= 0.3 is 0 Å². The molecule has 0 unspecified atom stereocenters. The summed E-state index contributed by atoms with van der Waals surface area (Å²) in [5, 5.41) is 3.10. The molecule has 6 heteroatoms. The zero-order chi connectivity index (χ0) is 21.4. The number of nitrogens with one attached hydrogen (secondary N) is 1. The van der Waals surface area contributed by atoms with E-state index >= 15 is 0 Å². The second-order valence-corrected chi connectivity index (χ2v) is 7.75. The lowest BCUT2D eigenvalue weighted by atomic mass is 9.94.